The van der Waals surface area contributed by atoms with Gasteiger partial charge in [-0.3, -0.25) is 0 Å². The molecule has 1 aliphatic heterocycles. The molecule has 1 N–H and O–H groups in total. The molecule has 1 aliphatic rings. The summed E-state index contributed by atoms with van der Waals surface area (Å²) in [7, 11) is 1.64. The molecule has 1 unspecified atom stereocenters. The lowest BCUT2D eigenvalue weighted by molar-refractivity contribution is 0.00307. The Labute approximate surface area is 121 Å². The maximum Gasteiger partial charge on any atom is 0.124 e. The van der Waals surface area contributed by atoms with E-state index in [2.05, 4.69) is 4.90 Å². The normalized spacial score (nSPS) is 18.9. The summed E-state index contributed by atoms with van der Waals surface area (Å²) in [5, 5.41) is 10.4. The summed E-state index contributed by atoms with van der Waals surface area (Å²) in [5.41, 5.74) is 0.863. The van der Waals surface area contributed by atoms with E-state index in [9.17, 15) is 5.11 Å². The molecule has 2 rings (SSSR count). The number of hydrogen-bond acceptors (Lipinski definition) is 4. The molecule has 4 nitrogen and oxygen atoms in total. The van der Waals surface area contributed by atoms with Gasteiger partial charge in [0.1, 0.15) is 5.75 Å². The Hall–Kier alpha value is -1.10. The van der Waals surface area contributed by atoms with E-state index in [1.165, 1.54) is 0 Å². The maximum atomic E-state index is 10.4. The van der Waals surface area contributed by atoms with Gasteiger partial charge in [-0.05, 0) is 25.8 Å². The number of methoxy groups -OCH3 is 1. The average Bonchev–Trinajstić information content (AvgIpc) is 2.49. The molecule has 1 atom stereocenters. The molecule has 1 fully saturated rings. The van der Waals surface area contributed by atoms with Gasteiger partial charge in [-0.1, -0.05) is 18.2 Å². The molecule has 0 amide bonds. The van der Waals surface area contributed by atoms with Crippen LogP contribution in [-0.4, -0.2) is 49.5 Å². The summed E-state index contributed by atoms with van der Waals surface area (Å²) in [4.78, 5) is 2.30. The number of aliphatic hydroxyl groups is 1. The quantitative estimate of drug-likeness (QED) is 0.867. The number of β-amino-alcohol motifs (C(OH)–C–C–N with tert-alkyl or cyclic N) is 1. The lowest BCUT2D eigenvalue weighted by Gasteiger charge is -2.33. The molecule has 0 saturated carbocycles. The zero-order chi connectivity index (χ0) is 14.4. The van der Waals surface area contributed by atoms with Crippen LogP contribution in [0.1, 0.15) is 31.4 Å². The number of nitrogens with zero attached hydrogens (tertiary/aromatic N) is 1. The Morgan fingerprint density at radius 1 is 1.30 bits per heavy atom. The molecule has 1 heterocycles. The number of hydrogen-bond donors (Lipinski definition) is 1. The fraction of sp³-hybridized carbons (Fsp3) is 0.625. The monoisotopic (exact) mass is 279 g/mol. The van der Waals surface area contributed by atoms with Crippen LogP contribution in [0.5, 0.6) is 5.75 Å². The van der Waals surface area contributed by atoms with Crippen molar-refractivity contribution in [3.8, 4) is 5.75 Å². The predicted octanol–water partition coefficient (Wildman–Crippen LogP) is 2.23. The van der Waals surface area contributed by atoms with E-state index in [0.29, 0.717) is 12.6 Å². The van der Waals surface area contributed by atoms with Crippen LogP contribution in [0, 0.1) is 0 Å². The molecule has 0 spiro atoms. The molecule has 112 valence electrons. The summed E-state index contributed by atoms with van der Waals surface area (Å²) >= 11 is 0. The number of piperidine rings is 1. The molecule has 0 aromatic heterocycles. The third-order valence-corrected chi connectivity index (χ3v) is 3.87. The lowest BCUT2D eigenvalue weighted by atomic mass is 10.0. The SMILES string of the molecule is CCOC1CCN(CC(O)c2ccccc2OC)CC1. The van der Waals surface area contributed by atoms with E-state index in [1.807, 2.05) is 31.2 Å². The minimum absolute atomic E-state index is 0.389. The summed E-state index contributed by atoms with van der Waals surface area (Å²) < 4.78 is 11.0. The van der Waals surface area contributed by atoms with Crippen LogP contribution in [0.4, 0.5) is 0 Å². The Balaban J connectivity index is 1.87. The van der Waals surface area contributed by atoms with E-state index < -0.39 is 6.10 Å². The maximum absolute atomic E-state index is 10.4. The van der Waals surface area contributed by atoms with Crippen molar-refractivity contribution in [2.45, 2.75) is 32.0 Å². The van der Waals surface area contributed by atoms with Gasteiger partial charge in [0.25, 0.3) is 0 Å². The highest BCUT2D eigenvalue weighted by atomic mass is 16.5. The van der Waals surface area contributed by atoms with Crippen molar-refractivity contribution in [2.75, 3.05) is 33.4 Å². The zero-order valence-corrected chi connectivity index (χ0v) is 12.4. The molecule has 4 heteroatoms. The highest BCUT2D eigenvalue weighted by Crippen LogP contribution is 2.26. The lowest BCUT2D eigenvalue weighted by Crippen LogP contribution is -2.39. The van der Waals surface area contributed by atoms with Gasteiger partial charge in [0, 0.05) is 31.8 Å². The number of aliphatic hydroxyl groups excluding tert-OH is 1. The van der Waals surface area contributed by atoms with E-state index in [4.69, 9.17) is 9.47 Å². The second-order valence-corrected chi connectivity index (χ2v) is 5.21. The van der Waals surface area contributed by atoms with Gasteiger partial charge in [0.15, 0.2) is 0 Å². The Kier molecular flexibility index (Phi) is 5.83. The summed E-state index contributed by atoms with van der Waals surface area (Å²) in [6.07, 6.45) is 1.98. The van der Waals surface area contributed by atoms with Crippen LogP contribution in [0.3, 0.4) is 0 Å². The van der Waals surface area contributed by atoms with Crippen molar-refractivity contribution in [3.63, 3.8) is 0 Å². The average molecular weight is 279 g/mol. The van der Waals surface area contributed by atoms with Gasteiger partial charge < -0.3 is 19.5 Å². The van der Waals surface area contributed by atoms with Crippen molar-refractivity contribution in [1.82, 2.24) is 4.90 Å². The molecule has 1 aromatic carbocycles. The van der Waals surface area contributed by atoms with Gasteiger partial charge in [0.2, 0.25) is 0 Å². The van der Waals surface area contributed by atoms with Crippen LogP contribution in [0.25, 0.3) is 0 Å². The second-order valence-electron chi connectivity index (χ2n) is 5.21. The fourth-order valence-corrected chi connectivity index (χ4v) is 2.78. The zero-order valence-electron chi connectivity index (χ0n) is 12.4. The van der Waals surface area contributed by atoms with E-state index in [1.54, 1.807) is 7.11 Å². The number of benzene rings is 1. The highest BCUT2D eigenvalue weighted by molar-refractivity contribution is 5.35. The van der Waals surface area contributed by atoms with Crippen molar-refractivity contribution >= 4 is 0 Å². The van der Waals surface area contributed by atoms with Crippen LogP contribution in [0.2, 0.25) is 0 Å². The van der Waals surface area contributed by atoms with E-state index in [-0.39, 0.29) is 0 Å². The molecule has 0 aliphatic carbocycles. The molecular weight excluding hydrogens is 254 g/mol. The number of ether oxygens (including phenoxy) is 2. The minimum Gasteiger partial charge on any atom is -0.496 e. The number of likely N-dealkylation sites (tertiary alicyclic amines) is 1. The van der Waals surface area contributed by atoms with Crippen LogP contribution < -0.4 is 4.74 Å². The van der Waals surface area contributed by atoms with Gasteiger partial charge in [-0.25, -0.2) is 0 Å². The molecule has 0 bridgehead atoms. The first-order valence-corrected chi connectivity index (χ1v) is 7.39. The molecule has 1 aromatic rings. The molecule has 1 saturated heterocycles. The second kappa shape index (κ2) is 7.62. The Morgan fingerprint density at radius 3 is 2.65 bits per heavy atom. The fourth-order valence-electron chi connectivity index (χ4n) is 2.78. The van der Waals surface area contributed by atoms with Crippen molar-refractivity contribution < 1.29 is 14.6 Å². The highest BCUT2D eigenvalue weighted by Gasteiger charge is 2.22. The van der Waals surface area contributed by atoms with Crippen molar-refractivity contribution in [1.29, 1.82) is 0 Å². The summed E-state index contributed by atoms with van der Waals surface area (Å²) in [6, 6.07) is 7.67. The smallest absolute Gasteiger partial charge is 0.124 e. The van der Waals surface area contributed by atoms with Gasteiger partial charge >= 0.3 is 0 Å². The largest absolute Gasteiger partial charge is 0.496 e. The first-order chi connectivity index (χ1) is 9.74. The predicted molar refractivity (Wildman–Crippen MR) is 79.0 cm³/mol. The third-order valence-electron chi connectivity index (χ3n) is 3.87. The summed E-state index contributed by atoms with van der Waals surface area (Å²) in [5.74, 6) is 0.754. The van der Waals surface area contributed by atoms with Crippen LogP contribution in [-0.2, 0) is 4.74 Å². The topological polar surface area (TPSA) is 41.9 Å². The first kappa shape index (κ1) is 15.3. The Bertz CT molecular complexity index is 402. The number of rotatable bonds is 6. The molecular formula is C16H25NO3. The van der Waals surface area contributed by atoms with E-state index in [0.717, 1.165) is 43.9 Å². The van der Waals surface area contributed by atoms with Gasteiger partial charge in [-0.15, -0.1) is 0 Å². The van der Waals surface area contributed by atoms with Gasteiger partial charge in [-0.2, -0.15) is 0 Å². The number of para-hydroxylation sites is 1. The van der Waals surface area contributed by atoms with E-state index >= 15 is 0 Å². The van der Waals surface area contributed by atoms with Crippen molar-refractivity contribution in [2.24, 2.45) is 0 Å². The minimum atomic E-state index is -0.505. The standard InChI is InChI=1S/C16H25NO3/c1-3-20-13-8-10-17(11-9-13)12-15(18)14-6-4-5-7-16(14)19-2/h4-7,13,15,18H,3,8-12H2,1-2H3. The summed E-state index contributed by atoms with van der Waals surface area (Å²) in [6.45, 7) is 5.44. The van der Waals surface area contributed by atoms with Crippen LogP contribution in [0.15, 0.2) is 24.3 Å². The molecule has 0 radical (unpaired) electrons. The third kappa shape index (κ3) is 3.95. The van der Waals surface area contributed by atoms with Crippen molar-refractivity contribution in [3.05, 3.63) is 29.8 Å². The van der Waals surface area contributed by atoms with Gasteiger partial charge in [0.05, 0.1) is 19.3 Å². The molecule has 20 heavy (non-hydrogen) atoms. The van der Waals surface area contributed by atoms with Crippen LogP contribution >= 0.6 is 0 Å². The Morgan fingerprint density at radius 2 is 2.00 bits per heavy atom. The first-order valence-electron chi connectivity index (χ1n) is 7.39.